The summed E-state index contributed by atoms with van der Waals surface area (Å²) in [5, 5.41) is 3.76. The zero-order valence-corrected chi connectivity index (χ0v) is 15.9. The molecule has 3 rings (SSSR count). The number of hydrogen-bond acceptors (Lipinski definition) is 4. The van der Waals surface area contributed by atoms with E-state index in [0.717, 1.165) is 17.0 Å². The van der Waals surface area contributed by atoms with E-state index in [-0.39, 0.29) is 10.9 Å². The molecule has 3 N–H and O–H groups in total. The number of hydrazine groups is 1. The van der Waals surface area contributed by atoms with Crippen LogP contribution in [0.15, 0.2) is 65.1 Å². The minimum absolute atomic E-state index is 0.143. The molecule has 0 atom stereocenters. The fraction of sp³-hybridized carbons (Fsp3) is 0.0526. The Labute approximate surface area is 166 Å². The molecule has 0 saturated heterocycles. The summed E-state index contributed by atoms with van der Waals surface area (Å²) in [6.45, 7) is 0. The standard InChI is InChI=1S/C19H16ClN3O3S/c1-25-15-7-5-14(6-8-15)21-19(27)23-22-18(24)17-10-9-16(26-17)12-3-2-4-13(20)11-12/h2-11H,1H3,(H,22,24)(H2,21,23,27). The van der Waals surface area contributed by atoms with Gasteiger partial charge in [0.15, 0.2) is 10.9 Å². The van der Waals surface area contributed by atoms with Gasteiger partial charge in [-0.1, -0.05) is 23.7 Å². The quantitative estimate of drug-likeness (QED) is 0.448. The van der Waals surface area contributed by atoms with Crippen LogP contribution in [0.25, 0.3) is 11.3 Å². The van der Waals surface area contributed by atoms with Crippen LogP contribution in [0.5, 0.6) is 5.75 Å². The number of halogens is 1. The summed E-state index contributed by atoms with van der Waals surface area (Å²) >= 11 is 11.1. The Bertz CT molecular complexity index is 957. The molecule has 3 aromatic rings. The Morgan fingerprint density at radius 1 is 1.07 bits per heavy atom. The van der Waals surface area contributed by atoms with Crippen molar-refractivity contribution < 1.29 is 13.9 Å². The summed E-state index contributed by atoms with van der Waals surface area (Å²) in [6, 6.07) is 17.7. The summed E-state index contributed by atoms with van der Waals surface area (Å²) in [5.41, 5.74) is 6.64. The topological polar surface area (TPSA) is 75.5 Å². The minimum Gasteiger partial charge on any atom is -0.497 e. The van der Waals surface area contributed by atoms with Crippen LogP contribution in [0, 0.1) is 0 Å². The van der Waals surface area contributed by atoms with Crippen molar-refractivity contribution in [2.45, 2.75) is 0 Å². The lowest BCUT2D eigenvalue weighted by molar-refractivity contribution is 0.0917. The number of carbonyl (C=O) groups excluding carboxylic acids is 1. The second-order valence-corrected chi connectivity index (χ2v) is 6.28. The van der Waals surface area contributed by atoms with Gasteiger partial charge in [-0.3, -0.25) is 15.6 Å². The van der Waals surface area contributed by atoms with Gasteiger partial charge in [-0.2, -0.15) is 0 Å². The third-order valence-electron chi connectivity index (χ3n) is 3.58. The normalized spacial score (nSPS) is 10.1. The third kappa shape index (κ3) is 4.99. The highest BCUT2D eigenvalue weighted by Gasteiger charge is 2.12. The van der Waals surface area contributed by atoms with Crippen LogP contribution in [0.2, 0.25) is 5.02 Å². The fourth-order valence-corrected chi connectivity index (χ4v) is 2.63. The predicted octanol–water partition coefficient (Wildman–Crippen LogP) is 4.24. The Morgan fingerprint density at radius 3 is 2.56 bits per heavy atom. The van der Waals surface area contributed by atoms with Crippen LogP contribution < -0.4 is 20.9 Å². The van der Waals surface area contributed by atoms with Crippen molar-refractivity contribution in [3.05, 3.63) is 71.4 Å². The molecule has 1 aromatic heterocycles. The molecule has 0 aliphatic rings. The highest BCUT2D eigenvalue weighted by molar-refractivity contribution is 7.80. The zero-order chi connectivity index (χ0) is 19.2. The van der Waals surface area contributed by atoms with Crippen LogP contribution in [0.1, 0.15) is 10.6 Å². The van der Waals surface area contributed by atoms with Crippen molar-refractivity contribution in [3.63, 3.8) is 0 Å². The summed E-state index contributed by atoms with van der Waals surface area (Å²) in [4.78, 5) is 12.2. The van der Waals surface area contributed by atoms with Gasteiger partial charge in [-0.25, -0.2) is 0 Å². The number of benzene rings is 2. The predicted molar refractivity (Wildman–Crippen MR) is 109 cm³/mol. The first-order chi connectivity index (χ1) is 13.0. The number of carbonyl (C=O) groups is 1. The van der Waals surface area contributed by atoms with E-state index in [2.05, 4.69) is 16.2 Å². The largest absolute Gasteiger partial charge is 0.497 e. The highest BCUT2D eigenvalue weighted by atomic mass is 35.5. The summed E-state index contributed by atoms with van der Waals surface area (Å²) < 4.78 is 10.7. The zero-order valence-electron chi connectivity index (χ0n) is 14.3. The number of ether oxygens (including phenoxy) is 1. The smallest absolute Gasteiger partial charge is 0.305 e. The van der Waals surface area contributed by atoms with Gasteiger partial charge in [0.25, 0.3) is 0 Å². The molecule has 27 heavy (non-hydrogen) atoms. The lowest BCUT2D eigenvalue weighted by Gasteiger charge is -2.11. The summed E-state index contributed by atoms with van der Waals surface area (Å²) in [7, 11) is 1.59. The maximum Gasteiger partial charge on any atom is 0.305 e. The van der Waals surface area contributed by atoms with Crippen molar-refractivity contribution in [2.24, 2.45) is 0 Å². The molecule has 6 nitrogen and oxygen atoms in total. The van der Waals surface area contributed by atoms with Gasteiger partial charge < -0.3 is 14.5 Å². The first-order valence-electron chi connectivity index (χ1n) is 7.92. The summed E-state index contributed by atoms with van der Waals surface area (Å²) in [6.07, 6.45) is 0. The molecule has 0 spiro atoms. The number of hydrogen-bond donors (Lipinski definition) is 3. The Balaban J connectivity index is 1.55. The average Bonchev–Trinajstić information content (AvgIpc) is 3.17. The molecule has 1 amide bonds. The van der Waals surface area contributed by atoms with Crippen molar-refractivity contribution in [3.8, 4) is 17.1 Å². The van der Waals surface area contributed by atoms with Crippen LogP contribution in [0.4, 0.5) is 5.69 Å². The van der Waals surface area contributed by atoms with Crippen LogP contribution in [-0.2, 0) is 0 Å². The lowest BCUT2D eigenvalue weighted by Crippen LogP contribution is -2.43. The van der Waals surface area contributed by atoms with E-state index in [1.807, 2.05) is 12.1 Å². The minimum atomic E-state index is -0.456. The third-order valence-corrected chi connectivity index (χ3v) is 4.02. The first kappa shape index (κ1) is 18.8. The number of rotatable bonds is 4. The van der Waals surface area contributed by atoms with E-state index in [0.29, 0.717) is 10.8 Å². The number of amides is 1. The Morgan fingerprint density at radius 2 is 1.85 bits per heavy atom. The number of anilines is 1. The molecule has 0 aliphatic heterocycles. The number of nitrogens with one attached hydrogen (secondary N) is 3. The molecule has 2 aromatic carbocycles. The van der Waals surface area contributed by atoms with Crippen molar-refractivity contribution in [2.75, 3.05) is 12.4 Å². The molecule has 8 heteroatoms. The van der Waals surface area contributed by atoms with E-state index in [9.17, 15) is 4.79 Å². The van der Waals surface area contributed by atoms with Crippen LogP contribution in [-0.4, -0.2) is 18.1 Å². The lowest BCUT2D eigenvalue weighted by atomic mass is 10.2. The number of thiocarbonyl (C=S) groups is 1. The molecular weight excluding hydrogens is 386 g/mol. The van der Waals surface area contributed by atoms with E-state index >= 15 is 0 Å². The van der Waals surface area contributed by atoms with Crippen LogP contribution in [0.3, 0.4) is 0 Å². The summed E-state index contributed by atoms with van der Waals surface area (Å²) in [5.74, 6) is 0.967. The van der Waals surface area contributed by atoms with Crippen LogP contribution >= 0.6 is 23.8 Å². The molecular formula is C19H16ClN3O3S. The molecule has 1 heterocycles. The van der Waals surface area contributed by atoms with Gasteiger partial charge >= 0.3 is 5.91 Å². The molecule has 0 unspecified atom stereocenters. The van der Waals surface area contributed by atoms with Gasteiger partial charge in [0, 0.05) is 16.3 Å². The van der Waals surface area contributed by atoms with E-state index < -0.39 is 5.91 Å². The number of methoxy groups -OCH3 is 1. The maximum absolute atomic E-state index is 12.2. The maximum atomic E-state index is 12.2. The van der Waals surface area contributed by atoms with Crippen molar-refractivity contribution in [1.82, 2.24) is 10.9 Å². The van der Waals surface area contributed by atoms with Crippen molar-refractivity contribution >= 4 is 40.5 Å². The Hall–Kier alpha value is -3.03. The van der Waals surface area contributed by atoms with E-state index in [1.165, 1.54) is 0 Å². The van der Waals surface area contributed by atoms with Gasteiger partial charge in [0.05, 0.1) is 7.11 Å². The second-order valence-electron chi connectivity index (χ2n) is 5.44. The number of furan rings is 1. The Kier molecular flexibility index (Phi) is 5.95. The molecule has 0 saturated carbocycles. The molecule has 0 aliphatic carbocycles. The van der Waals surface area contributed by atoms with Gasteiger partial charge in [-0.15, -0.1) is 0 Å². The van der Waals surface area contributed by atoms with E-state index in [1.54, 1.807) is 55.6 Å². The van der Waals surface area contributed by atoms with E-state index in [4.69, 9.17) is 33.0 Å². The second kappa shape index (κ2) is 8.57. The average molecular weight is 402 g/mol. The molecule has 0 fully saturated rings. The first-order valence-corrected chi connectivity index (χ1v) is 8.71. The molecule has 138 valence electrons. The van der Waals surface area contributed by atoms with Crippen molar-refractivity contribution in [1.29, 1.82) is 0 Å². The highest BCUT2D eigenvalue weighted by Crippen LogP contribution is 2.24. The fourth-order valence-electron chi connectivity index (χ4n) is 2.27. The van der Waals surface area contributed by atoms with Gasteiger partial charge in [-0.05, 0) is 60.7 Å². The molecule has 0 radical (unpaired) electrons. The SMILES string of the molecule is COc1ccc(NC(=S)NNC(=O)c2ccc(-c3cccc(Cl)c3)o2)cc1. The monoisotopic (exact) mass is 401 g/mol. The van der Waals surface area contributed by atoms with Gasteiger partial charge in [0.2, 0.25) is 0 Å². The molecule has 0 bridgehead atoms. The van der Waals surface area contributed by atoms with Gasteiger partial charge in [0.1, 0.15) is 11.5 Å².